The van der Waals surface area contributed by atoms with Crippen LogP contribution in [-0.2, 0) is 16.0 Å². The van der Waals surface area contributed by atoms with E-state index in [-0.39, 0.29) is 24.0 Å². The zero-order valence-corrected chi connectivity index (χ0v) is 17.6. The van der Waals surface area contributed by atoms with Crippen LogP contribution in [0, 0.1) is 5.41 Å². The number of aromatic nitrogens is 2. The average Bonchev–Trinajstić information content (AvgIpc) is 3.44. The molecule has 0 unspecified atom stereocenters. The zero-order valence-electron chi connectivity index (χ0n) is 17.6. The van der Waals surface area contributed by atoms with Gasteiger partial charge in [0.15, 0.2) is 0 Å². The minimum atomic E-state index is -0.347. The lowest BCUT2D eigenvalue weighted by molar-refractivity contribution is -0.153. The van der Waals surface area contributed by atoms with Gasteiger partial charge in [0, 0.05) is 35.9 Å². The van der Waals surface area contributed by atoms with Gasteiger partial charge in [0.25, 0.3) is 0 Å². The molecule has 2 aromatic rings. The molecule has 7 nitrogen and oxygen atoms in total. The normalized spacial score (nSPS) is 22.4. The van der Waals surface area contributed by atoms with Crippen LogP contribution in [0.1, 0.15) is 44.7 Å². The van der Waals surface area contributed by atoms with Gasteiger partial charge in [-0.25, -0.2) is 0 Å². The SMILES string of the molecule is CC(=O)N1c2ccc(-c3cnn(C4CC4)c3)c(OCC3(CO)COC3)c2CC[C@@H]1C. The van der Waals surface area contributed by atoms with E-state index in [0.717, 1.165) is 41.0 Å². The second-order valence-electron chi connectivity index (χ2n) is 9.10. The molecule has 1 N–H and O–H groups in total. The van der Waals surface area contributed by atoms with Crippen molar-refractivity contribution in [1.29, 1.82) is 0 Å². The molecular formula is C23H29N3O4. The molecule has 0 spiro atoms. The van der Waals surface area contributed by atoms with E-state index in [1.54, 1.807) is 6.92 Å². The van der Waals surface area contributed by atoms with Crippen molar-refractivity contribution in [3.05, 3.63) is 30.1 Å². The van der Waals surface area contributed by atoms with Gasteiger partial charge in [-0.1, -0.05) is 0 Å². The summed E-state index contributed by atoms with van der Waals surface area (Å²) in [6, 6.07) is 4.76. The van der Waals surface area contributed by atoms with Gasteiger partial charge in [0.05, 0.1) is 43.2 Å². The third kappa shape index (κ3) is 3.30. The van der Waals surface area contributed by atoms with Crippen LogP contribution in [0.2, 0.25) is 0 Å². The van der Waals surface area contributed by atoms with Crippen LogP contribution >= 0.6 is 0 Å². The smallest absolute Gasteiger partial charge is 0.224 e. The third-order valence-electron chi connectivity index (χ3n) is 6.60. The fourth-order valence-electron chi connectivity index (χ4n) is 4.53. The van der Waals surface area contributed by atoms with Gasteiger partial charge >= 0.3 is 0 Å². The summed E-state index contributed by atoms with van der Waals surface area (Å²) >= 11 is 0. The van der Waals surface area contributed by atoms with E-state index < -0.39 is 0 Å². The highest BCUT2D eigenvalue weighted by Crippen LogP contribution is 2.44. The first-order valence-electron chi connectivity index (χ1n) is 10.8. The number of carbonyl (C=O) groups excluding carboxylic acids is 1. The maximum absolute atomic E-state index is 12.4. The molecule has 2 fully saturated rings. The molecule has 0 bridgehead atoms. The van der Waals surface area contributed by atoms with Crippen LogP contribution in [0.4, 0.5) is 5.69 Å². The lowest BCUT2D eigenvalue weighted by Gasteiger charge is -2.40. The van der Waals surface area contributed by atoms with Crippen molar-refractivity contribution in [2.24, 2.45) is 5.41 Å². The monoisotopic (exact) mass is 411 g/mol. The fraction of sp³-hybridized carbons (Fsp3) is 0.565. The number of rotatable bonds is 6. The van der Waals surface area contributed by atoms with Gasteiger partial charge in [-0.3, -0.25) is 9.48 Å². The maximum atomic E-state index is 12.4. The highest BCUT2D eigenvalue weighted by molar-refractivity contribution is 5.95. The van der Waals surface area contributed by atoms with Crippen molar-refractivity contribution < 1.29 is 19.4 Å². The van der Waals surface area contributed by atoms with Gasteiger partial charge in [-0.15, -0.1) is 0 Å². The standard InChI is InChI=1S/C23H29N3O4/c1-15-3-6-20-21(26(15)16(2)28)8-7-19(17-9-24-25(10-17)18-4-5-18)22(20)30-14-23(11-27)12-29-13-23/h7-10,15,18,27H,3-6,11-14H2,1-2H3/t15-/m0/s1. The molecule has 1 saturated heterocycles. The van der Waals surface area contributed by atoms with Crippen LogP contribution in [0.25, 0.3) is 11.1 Å². The Labute approximate surface area is 176 Å². The Bertz CT molecular complexity index is 956. The number of fused-ring (bicyclic) bond motifs is 1. The van der Waals surface area contributed by atoms with Gasteiger partial charge < -0.3 is 19.5 Å². The van der Waals surface area contributed by atoms with E-state index >= 15 is 0 Å². The Morgan fingerprint density at radius 2 is 2.13 bits per heavy atom. The first kappa shape index (κ1) is 19.6. The number of hydrogen-bond donors (Lipinski definition) is 1. The van der Waals surface area contributed by atoms with E-state index in [1.807, 2.05) is 27.9 Å². The third-order valence-corrected chi connectivity index (χ3v) is 6.60. The van der Waals surface area contributed by atoms with E-state index in [9.17, 15) is 9.90 Å². The summed E-state index contributed by atoms with van der Waals surface area (Å²) in [6.45, 7) is 5.14. The van der Waals surface area contributed by atoms with Gasteiger partial charge in [-0.2, -0.15) is 5.10 Å². The van der Waals surface area contributed by atoms with E-state index in [0.29, 0.717) is 25.9 Å². The number of amides is 1. The number of carbonyl (C=O) groups is 1. The molecule has 3 aliphatic rings. The summed E-state index contributed by atoms with van der Waals surface area (Å²) < 4.78 is 13.8. The minimum Gasteiger partial charge on any atom is -0.492 e. The summed E-state index contributed by atoms with van der Waals surface area (Å²) in [5.74, 6) is 0.851. The summed E-state index contributed by atoms with van der Waals surface area (Å²) in [5.41, 5.74) is 3.66. The Morgan fingerprint density at radius 1 is 1.33 bits per heavy atom. The molecule has 1 saturated carbocycles. The Hall–Kier alpha value is -2.38. The molecule has 1 aliphatic carbocycles. The summed E-state index contributed by atoms with van der Waals surface area (Å²) in [4.78, 5) is 14.2. The number of benzene rings is 1. The molecule has 3 heterocycles. The maximum Gasteiger partial charge on any atom is 0.224 e. The largest absolute Gasteiger partial charge is 0.492 e. The molecule has 0 radical (unpaired) electrons. The van der Waals surface area contributed by atoms with Crippen LogP contribution < -0.4 is 9.64 Å². The summed E-state index contributed by atoms with van der Waals surface area (Å²) in [7, 11) is 0. The van der Waals surface area contributed by atoms with E-state index in [4.69, 9.17) is 9.47 Å². The van der Waals surface area contributed by atoms with E-state index in [1.165, 1.54) is 12.8 Å². The van der Waals surface area contributed by atoms with Gasteiger partial charge in [0.2, 0.25) is 5.91 Å². The summed E-state index contributed by atoms with van der Waals surface area (Å²) in [6.07, 6.45) is 8.09. The van der Waals surface area contributed by atoms with Crippen LogP contribution in [0.15, 0.2) is 24.5 Å². The number of aliphatic hydroxyl groups excluding tert-OH is 1. The molecule has 2 aliphatic heterocycles. The molecular weight excluding hydrogens is 382 g/mol. The van der Waals surface area contributed by atoms with Crippen molar-refractivity contribution in [2.45, 2.75) is 51.6 Å². The Kier molecular flexibility index (Phi) is 4.82. The Balaban J connectivity index is 1.56. The quantitative estimate of drug-likeness (QED) is 0.791. The highest BCUT2D eigenvalue weighted by atomic mass is 16.5. The van der Waals surface area contributed by atoms with Crippen LogP contribution in [0.5, 0.6) is 5.75 Å². The van der Waals surface area contributed by atoms with Crippen LogP contribution in [0.3, 0.4) is 0 Å². The molecule has 1 atom stereocenters. The topological polar surface area (TPSA) is 76.8 Å². The van der Waals surface area contributed by atoms with Crippen molar-refractivity contribution >= 4 is 11.6 Å². The van der Waals surface area contributed by atoms with Crippen molar-refractivity contribution in [3.8, 4) is 16.9 Å². The second kappa shape index (κ2) is 7.39. The molecule has 5 rings (SSSR count). The first-order chi connectivity index (χ1) is 14.5. The van der Waals surface area contributed by atoms with Crippen LogP contribution in [-0.4, -0.2) is 53.3 Å². The fourth-order valence-corrected chi connectivity index (χ4v) is 4.53. The number of ether oxygens (including phenoxy) is 2. The predicted octanol–water partition coefficient (Wildman–Crippen LogP) is 2.96. The minimum absolute atomic E-state index is 0.0353. The number of nitrogens with zero attached hydrogens (tertiary/aromatic N) is 3. The van der Waals surface area contributed by atoms with Crippen molar-refractivity contribution in [2.75, 3.05) is 31.3 Å². The lowest BCUT2D eigenvalue weighted by Crippen LogP contribution is -2.50. The molecule has 1 aromatic heterocycles. The second-order valence-corrected chi connectivity index (χ2v) is 9.10. The lowest BCUT2D eigenvalue weighted by atomic mass is 9.88. The van der Waals surface area contributed by atoms with Crippen molar-refractivity contribution in [3.63, 3.8) is 0 Å². The Morgan fingerprint density at radius 3 is 2.77 bits per heavy atom. The molecule has 1 aromatic carbocycles. The predicted molar refractivity (Wildman–Crippen MR) is 113 cm³/mol. The highest BCUT2D eigenvalue weighted by Gasteiger charge is 2.40. The first-order valence-corrected chi connectivity index (χ1v) is 10.8. The molecule has 7 heteroatoms. The number of hydrogen-bond acceptors (Lipinski definition) is 5. The zero-order chi connectivity index (χ0) is 20.9. The van der Waals surface area contributed by atoms with E-state index in [2.05, 4.69) is 18.2 Å². The molecule has 1 amide bonds. The number of aliphatic hydroxyl groups is 1. The summed E-state index contributed by atoms with van der Waals surface area (Å²) in [5, 5.41) is 14.4. The average molecular weight is 412 g/mol. The van der Waals surface area contributed by atoms with Gasteiger partial charge in [0.1, 0.15) is 12.4 Å². The number of anilines is 1. The molecule has 160 valence electrons. The van der Waals surface area contributed by atoms with Gasteiger partial charge in [-0.05, 0) is 44.7 Å². The van der Waals surface area contributed by atoms with Crippen molar-refractivity contribution in [1.82, 2.24) is 9.78 Å². The molecule has 30 heavy (non-hydrogen) atoms.